The molecule has 0 aliphatic heterocycles. The molecule has 0 saturated heterocycles. The summed E-state index contributed by atoms with van der Waals surface area (Å²) in [5, 5.41) is 12.9. The molecular weight excluding hydrogens is 270 g/mol. The maximum atomic E-state index is 12.0. The van der Waals surface area contributed by atoms with Gasteiger partial charge in [-0.15, -0.1) is 0 Å². The molecule has 1 aliphatic carbocycles. The van der Waals surface area contributed by atoms with Crippen molar-refractivity contribution >= 4 is 17.7 Å². The number of carbonyl (C=O) groups is 1. The molecule has 2 rings (SSSR count). The van der Waals surface area contributed by atoms with E-state index in [1.165, 1.54) is 18.4 Å². The number of benzene rings is 1. The third-order valence-corrected chi connectivity index (χ3v) is 4.56. The topological polar surface area (TPSA) is 49.3 Å². The van der Waals surface area contributed by atoms with Gasteiger partial charge in [0.25, 0.3) is 5.91 Å². The van der Waals surface area contributed by atoms with E-state index in [-0.39, 0.29) is 5.91 Å². The van der Waals surface area contributed by atoms with Crippen LogP contribution in [0.5, 0.6) is 0 Å². The summed E-state index contributed by atoms with van der Waals surface area (Å²) in [4.78, 5) is 12.0. The molecule has 1 amide bonds. The van der Waals surface area contributed by atoms with Gasteiger partial charge in [-0.2, -0.15) is 11.8 Å². The molecule has 0 spiro atoms. The van der Waals surface area contributed by atoms with E-state index >= 15 is 0 Å². The van der Waals surface area contributed by atoms with Gasteiger partial charge in [-0.3, -0.25) is 4.79 Å². The van der Waals surface area contributed by atoms with Crippen LogP contribution in [-0.2, 0) is 5.75 Å². The van der Waals surface area contributed by atoms with Crippen molar-refractivity contribution in [3.63, 3.8) is 0 Å². The number of rotatable bonds is 6. The highest BCUT2D eigenvalue weighted by molar-refractivity contribution is 7.97. The molecule has 0 bridgehead atoms. The lowest BCUT2D eigenvalue weighted by Gasteiger charge is -2.18. The Balaban J connectivity index is 1.81. The summed E-state index contributed by atoms with van der Waals surface area (Å²) in [6.45, 7) is 0.357. The van der Waals surface area contributed by atoms with E-state index in [0.717, 1.165) is 18.6 Å². The molecule has 3 nitrogen and oxygen atoms in total. The van der Waals surface area contributed by atoms with E-state index in [0.29, 0.717) is 18.0 Å². The number of thioether (sulfide) groups is 1. The maximum absolute atomic E-state index is 12.0. The van der Waals surface area contributed by atoms with Gasteiger partial charge in [-0.05, 0) is 42.7 Å². The maximum Gasteiger partial charge on any atom is 0.251 e. The van der Waals surface area contributed by atoms with Crippen molar-refractivity contribution in [1.82, 2.24) is 5.32 Å². The first-order chi connectivity index (χ1) is 9.70. The summed E-state index contributed by atoms with van der Waals surface area (Å²) in [6.07, 6.45) is 6.22. The third kappa shape index (κ3) is 4.25. The summed E-state index contributed by atoms with van der Waals surface area (Å²) in [5.74, 6) is 1.22. The van der Waals surface area contributed by atoms with Gasteiger partial charge in [-0.1, -0.05) is 25.0 Å². The van der Waals surface area contributed by atoms with Gasteiger partial charge >= 0.3 is 0 Å². The van der Waals surface area contributed by atoms with Gasteiger partial charge in [0.05, 0.1) is 6.10 Å². The van der Waals surface area contributed by atoms with Gasteiger partial charge < -0.3 is 10.4 Å². The average Bonchev–Trinajstić information content (AvgIpc) is 3.00. The van der Waals surface area contributed by atoms with Crippen LogP contribution in [0, 0.1) is 5.92 Å². The Morgan fingerprint density at radius 1 is 1.35 bits per heavy atom. The van der Waals surface area contributed by atoms with Crippen LogP contribution in [0.4, 0.5) is 0 Å². The zero-order valence-corrected chi connectivity index (χ0v) is 12.8. The van der Waals surface area contributed by atoms with Gasteiger partial charge in [0, 0.05) is 17.9 Å². The SMILES string of the molecule is CSCc1ccc(C(=O)NCC(O)C2CCCC2)cc1. The molecule has 0 aromatic heterocycles. The Morgan fingerprint density at radius 3 is 2.60 bits per heavy atom. The van der Waals surface area contributed by atoms with Crippen LogP contribution in [0.15, 0.2) is 24.3 Å². The minimum Gasteiger partial charge on any atom is -0.391 e. The minimum atomic E-state index is -0.405. The molecule has 0 radical (unpaired) electrons. The van der Waals surface area contributed by atoms with Crippen molar-refractivity contribution in [3.8, 4) is 0 Å². The van der Waals surface area contributed by atoms with Crippen LogP contribution >= 0.6 is 11.8 Å². The van der Waals surface area contributed by atoms with Gasteiger partial charge in [-0.25, -0.2) is 0 Å². The van der Waals surface area contributed by atoms with E-state index in [2.05, 4.69) is 11.6 Å². The Bertz CT molecular complexity index is 427. The summed E-state index contributed by atoms with van der Waals surface area (Å²) >= 11 is 1.76. The molecule has 1 fully saturated rings. The molecule has 20 heavy (non-hydrogen) atoms. The number of aliphatic hydroxyl groups excluding tert-OH is 1. The van der Waals surface area contributed by atoms with Gasteiger partial charge in [0.1, 0.15) is 0 Å². The molecule has 1 unspecified atom stereocenters. The normalized spacial score (nSPS) is 17.1. The first kappa shape index (κ1) is 15.4. The van der Waals surface area contributed by atoms with Crippen molar-refractivity contribution in [1.29, 1.82) is 0 Å². The van der Waals surface area contributed by atoms with E-state index in [1.807, 2.05) is 24.3 Å². The first-order valence-electron chi connectivity index (χ1n) is 7.25. The van der Waals surface area contributed by atoms with E-state index in [1.54, 1.807) is 11.8 Å². The Hall–Kier alpha value is -1.00. The number of carbonyl (C=O) groups excluding carboxylic acids is 1. The lowest BCUT2D eigenvalue weighted by molar-refractivity contribution is 0.0840. The third-order valence-electron chi connectivity index (χ3n) is 3.94. The molecule has 1 aromatic carbocycles. The van der Waals surface area contributed by atoms with Crippen LogP contribution in [-0.4, -0.2) is 29.9 Å². The molecule has 1 aliphatic rings. The number of aliphatic hydroxyl groups is 1. The summed E-state index contributed by atoms with van der Waals surface area (Å²) in [6, 6.07) is 7.67. The first-order valence-corrected chi connectivity index (χ1v) is 8.64. The lowest BCUT2D eigenvalue weighted by atomic mass is 10.0. The van der Waals surface area contributed by atoms with Crippen LogP contribution in [0.3, 0.4) is 0 Å². The zero-order chi connectivity index (χ0) is 14.4. The molecule has 1 saturated carbocycles. The highest BCUT2D eigenvalue weighted by atomic mass is 32.2. The fraction of sp³-hybridized carbons (Fsp3) is 0.562. The second-order valence-electron chi connectivity index (χ2n) is 5.45. The second-order valence-corrected chi connectivity index (χ2v) is 6.32. The zero-order valence-electron chi connectivity index (χ0n) is 12.0. The Labute approximate surface area is 125 Å². The monoisotopic (exact) mass is 293 g/mol. The number of hydrogen-bond acceptors (Lipinski definition) is 3. The van der Waals surface area contributed by atoms with Crippen LogP contribution in [0.2, 0.25) is 0 Å². The molecule has 1 aromatic rings. The second kappa shape index (κ2) is 7.70. The average molecular weight is 293 g/mol. The fourth-order valence-electron chi connectivity index (χ4n) is 2.73. The molecule has 4 heteroatoms. The van der Waals surface area contributed by atoms with Crippen molar-refractivity contribution in [2.24, 2.45) is 5.92 Å². The summed E-state index contributed by atoms with van der Waals surface area (Å²) in [7, 11) is 0. The molecule has 0 heterocycles. The van der Waals surface area contributed by atoms with Crippen LogP contribution in [0.1, 0.15) is 41.6 Å². The highest BCUT2D eigenvalue weighted by Gasteiger charge is 2.23. The van der Waals surface area contributed by atoms with E-state index in [4.69, 9.17) is 0 Å². The van der Waals surface area contributed by atoms with Crippen LogP contribution < -0.4 is 5.32 Å². The lowest BCUT2D eigenvalue weighted by Crippen LogP contribution is -2.35. The molecule has 1 atom stereocenters. The van der Waals surface area contributed by atoms with Gasteiger partial charge in [0.15, 0.2) is 0 Å². The highest BCUT2D eigenvalue weighted by Crippen LogP contribution is 2.27. The van der Waals surface area contributed by atoms with Gasteiger partial charge in [0.2, 0.25) is 0 Å². The van der Waals surface area contributed by atoms with Crippen molar-refractivity contribution in [2.75, 3.05) is 12.8 Å². The summed E-state index contributed by atoms with van der Waals surface area (Å²) < 4.78 is 0. The minimum absolute atomic E-state index is 0.0993. The molecule has 2 N–H and O–H groups in total. The standard InChI is InChI=1S/C16H23NO2S/c1-20-11-12-6-8-14(9-7-12)16(19)17-10-15(18)13-4-2-3-5-13/h6-9,13,15,18H,2-5,10-11H2,1H3,(H,17,19). The van der Waals surface area contributed by atoms with Crippen molar-refractivity contribution in [3.05, 3.63) is 35.4 Å². The number of amides is 1. The van der Waals surface area contributed by atoms with E-state index in [9.17, 15) is 9.90 Å². The van der Waals surface area contributed by atoms with E-state index < -0.39 is 6.10 Å². The Morgan fingerprint density at radius 2 is 2.00 bits per heavy atom. The Kier molecular flexibility index (Phi) is 5.92. The molecule has 110 valence electrons. The number of nitrogens with one attached hydrogen (secondary N) is 1. The predicted octanol–water partition coefficient (Wildman–Crippen LogP) is 2.83. The number of hydrogen-bond donors (Lipinski definition) is 2. The predicted molar refractivity (Wildman–Crippen MR) is 84.0 cm³/mol. The fourth-order valence-corrected chi connectivity index (χ4v) is 3.25. The van der Waals surface area contributed by atoms with Crippen LogP contribution in [0.25, 0.3) is 0 Å². The van der Waals surface area contributed by atoms with Crippen molar-refractivity contribution in [2.45, 2.75) is 37.5 Å². The van der Waals surface area contributed by atoms with Crippen molar-refractivity contribution < 1.29 is 9.90 Å². The largest absolute Gasteiger partial charge is 0.391 e. The quantitative estimate of drug-likeness (QED) is 0.848. The smallest absolute Gasteiger partial charge is 0.251 e. The molecular formula is C16H23NO2S. The summed E-state index contributed by atoms with van der Waals surface area (Å²) in [5.41, 5.74) is 1.88.